The largest absolute Gasteiger partial charge is 0.494 e. The van der Waals surface area contributed by atoms with Crippen LogP contribution in [0.15, 0.2) is 89.0 Å². The van der Waals surface area contributed by atoms with Crippen molar-refractivity contribution in [3.8, 4) is 5.75 Å². The highest BCUT2D eigenvalue weighted by Crippen LogP contribution is 2.45. The van der Waals surface area contributed by atoms with Crippen molar-refractivity contribution in [2.45, 2.75) is 30.8 Å². The Morgan fingerprint density at radius 3 is 2.50 bits per heavy atom. The van der Waals surface area contributed by atoms with Gasteiger partial charge in [-0.25, -0.2) is 10.4 Å². The van der Waals surface area contributed by atoms with E-state index in [1.807, 2.05) is 30.3 Å². The molecule has 0 fully saturated rings. The number of carbonyl (C=O) groups excluding carboxylic acids is 1. The van der Waals surface area contributed by atoms with E-state index in [4.69, 9.17) is 29.0 Å². The molecule has 0 unspecified atom stereocenters. The Bertz CT molecular complexity index is 1390. The van der Waals surface area contributed by atoms with Gasteiger partial charge in [0.25, 0.3) is 5.91 Å². The van der Waals surface area contributed by atoms with Crippen molar-refractivity contribution >= 4 is 17.5 Å². The van der Waals surface area contributed by atoms with Crippen LogP contribution in [0.5, 0.6) is 5.75 Å². The molecule has 4 rings (SSSR count). The smallest absolute Gasteiger partial charge is 0.266 e. The van der Waals surface area contributed by atoms with Gasteiger partial charge in [-0.15, -0.1) is 0 Å². The second-order valence-corrected chi connectivity index (χ2v) is 9.44. The number of hydrogen-bond donors (Lipinski definition) is 3. The van der Waals surface area contributed by atoms with Gasteiger partial charge in [0, 0.05) is 55.4 Å². The van der Waals surface area contributed by atoms with E-state index >= 15 is 0 Å². The standard InChI is InChI=1S/C30H34N6O6/c1-39-26(40-2)20-32-35-29(38)30(19-21-9-4-3-5-10-21)27(24-11-6-7-12-25(24)34-36-31)42-28(33-30)22-13-15-23(16-14-22)41-18-8-17-37/h3-7,9-16,26-27,32,37H,8,17-20H2,1-2H3,(H,35,38)/t27-,30-/m0/s1. The number of amides is 1. The molecule has 12 nitrogen and oxygen atoms in total. The maximum Gasteiger partial charge on any atom is 0.266 e. The van der Waals surface area contributed by atoms with E-state index in [9.17, 15) is 10.3 Å². The van der Waals surface area contributed by atoms with Crippen LogP contribution in [0.1, 0.15) is 29.2 Å². The molecule has 0 spiro atoms. The summed E-state index contributed by atoms with van der Waals surface area (Å²) < 4.78 is 22.6. The van der Waals surface area contributed by atoms with Crippen molar-refractivity contribution in [1.82, 2.24) is 10.9 Å². The number of azide groups is 1. The molecule has 0 aliphatic carbocycles. The van der Waals surface area contributed by atoms with Crippen LogP contribution in [0.3, 0.4) is 0 Å². The lowest BCUT2D eigenvalue weighted by molar-refractivity contribution is -0.131. The van der Waals surface area contributed by atoms with Gasteiger partial charge in [0.15, 0.2) is 17.9 Å². The fourth-order valence-corrected chi connectivity index (χ4v) is 4.60. The van der Waals surface area contributed by atoms with Gasteiger partial charge in [-0.3, -0.25) is 10.2 Å². The van der Waals surface area contributed by atoms with Crippen molar-refractivity contribution in [1.29, 1.82) is 0 Å². The van der Waals surface area contributed by atoms with Crippen LogP contribution >= 0.6 is 0 Å². The molecule has 0 radical (unpaired) electrons. The van der Waals surface area contributed by atoms with Gasteiger partial charge in [-0.1, -0.05) is 59.7 Å². The summed E-state index contributed by atoms with van der Waals surface area (Å²) in [6.07, 6.45) is -0.837. The average Bonchev–Trinajstić information content (AvgIpc) is 3.41. The number of carbonyl (C=O) groups is 1. The molecule has 0 saturated heterocycles. The third-order valence-corrected chi connectivity index (χ3v) is 6.71. The lowest BCUT2D eigenvalue weighted by Gasteiger charge is -2.31. The second kappa shape index (κ2) is 15.0. The summed E-state index contributed by atoms with van der Waals surface area (Å²) in [4.78, 5) is 22.1. The maximum atomic E-state index is 14.2. The quantitative estimate of drug-likeness (QED) is 0.0614. The fraction of sp³-hybridized carbons (Fsp3) is 0.333. The molecule has 3 aromatic carbocycles. The minimum atomic E-state index is -1.50. The molecule has 1 amide bonds. The number of rotatable bonds is 15. The molecule has 12 heteroatoms. The summed E-state index contributed by atoms with van der Waals surface area (Å²) in [5.74, 6) is 0.409. The van der Waals surface area contributed by atoms with Crippen LogP contribution in [-0.4, -0.2) is 62.7 Å². The van der Waals surface area contributed by atoms with Crippen molar-refractivity contribution < 1.29 is 28.8 Å². The van der Waals surface area contributed by atoms with Crippen LogP contribution < -0.4 is 15.6 Å². The van der Waals surface area contributed by atoms with E-state index in [2.05, 4.69) is 20.9 Å². The number of aliphatic hydroxyl groups is 1. The summed E-state index contributed by atoms with van der Waals surface area (Å²) in [5.41, 5.74) is 15.7. The zero-order valence-electron chi connectivity index (χ0n) is 23.5. The highest BCUT2D eigenvalue weighted by atomic mass is 16.7. The summed E-state index contributed by atoms with van der Waals surface area (Å²) >= 11 is 0. The molecule has 3 N–H and O–H groups in total. The van der Waals surface area contributed by atoms with Gasteiger partial charge in [0.1, 0.15) is 5.75 Å². The predicted octanol–water partition coefficient (Wildman–Crippen LogP) is 4.13. The minimum Gasteiger partial charge on any atom is -0.494 e. The van der Waals surface area contributed by atoms with Crippen molar-refractivity contribution in [2.24, 2.45) is 10.1 Å². The number of hydrogen-bond acceptors (Lipinski definition) is 9. The Morgan fingerprint density at radius 2 is 1.81 bits per heavy atom. The lowest BCUT2D eigenvalue weighted by atomic mass is 9.81. The van der Waals surface area contributed by atoms with E-state index in [1.54, 1.807) is 48.5 Å². The summed E-state index contributed by atoms with van der Waals surface area (Å²) in [6, 6.07) is 23.6. The Hall–Kier alpha value is -4.45. The Labute approximate surface area is 243 Å². The van der Waals surface area contributed by atoms with Gasteiger partial charge in [-0.2, -0.15) is 0 Å². The first kappa shape index (κ1) is 30.5. The van der Waals surface area contributed by atoms with Crippen LogP contribution in [-0.2, 0) is 25.4 Å². The first-order chi connectivity index (χ1) is 20.5. The van der Waals surface area contributed by atoms with E-state index in [0.717, 1.165) is 5.56 Å². The number of aliphatic hydroxyl groups excluding tert-OH is 1. The van der Waals surface area contributed by atoms with Gasteiger partial charge in [0.05, 0.1) is 13.2 Å². The summed E-state index contributed by atoms with van der Waals surface area (Å²) in [5, 5.41) is 12.9. The minimum absolute atomic E-state index is 0.0411. The van der Waals surface area contributed by atoms with Crippen molar-refractivity contribution in [3.05, 3.63) is 106 Å². The molecule has 2 atom stereocenters. The molecular formula is C30H34N6O6. The number of aliphatic imine (C=N–C) groups is 1. The van der Waals surface area contributed by atoms with Gasteiger partial charge in [-0.05, 0) is 35.4 Å². The number of benzene rings is 3. The lowest BCUT2D eigenvalue weighted by Crippen LogP contribution is -2.55. The van der Waals surface area contributed by atoms with E-state index in [-0.39, 0.29) is 25.5 Å². The van der Waals surface area contributed by atoms with Crippen molar-refractivity contribution in [2.75, 3.05) is 34.0 Å². The molecule has 1 aliphatic heterocycles. The average molecular weight is 575 g/mol. The Balaban J connectivity index is 1.78. The topological polar surface area (TPSA) is 159 Å². The van der Waals surface area contributed by atoms with Crippen LogP contribution in [0.2, 0.25) is 0 Å². The number of methoxy groups -OCH3 is 2. The van der Waals surface area contributed by atoms with Crippen LogP contribution in [0, 0.1) is 0 Å². The fourth-order valence-electron chi connectivity index (χ4n) is 4.60. The SMILES string of the molecule is COC(CNNC(=O)[C@@]1(Cc2ccccc2)N=C(c2ccc(OCCCO)cc2)O[C@H]1c1ccccc1N=[N+]=[N-])OC. The maximum absolute atomic E-state index is 14.2. The Kier molecular flexibility index (Phi) is 10.9. The first-order valence-corrected chi connectivity index (χ1v) is 13.4. The molecular weight excluding hydrogens is 540 g/mol. The molecule has 0 bridgehead atoms. The van der Waals surface area contributed by atoms with Gasteiger partial charge >= 0.3 is 0 Å². The van der Waals surface area contributed by atoms with Gasteiger partial charge in [0.2, 0.25) is 5.90 Å². The molecule has 42 heavy (non-hydrogen) atoms. The third kappa shape index (κ3) is 7.24. The van der Waals surface area contributed by atoms with E-state index in [1.165, 1.54) is 14.2 Å². The molecule has 1 heterocycles. The number of nitrogens with one attached hydrogen (secondary N) is 2. The molecule has 0 aromatic heterocycles. The monoisotopic (exact) mass is 574 g/mol. The zero-order chi connectivity index (χ0) is 29.8. The number of nitrogens with zero attached hydrogens (tertiary/aromatic N) is 4. The highest BCUT2D eigenvalue weighted by molar-refractivity contribution is 6.01. The third-order valence-electron chi connectivity index (χ3n) is 6.71. The second-order valence-electron chi connectivity index (χ2n) is 9.44. The predicted molar refractivity (Wildman–Crippen MR) is 156 cm³/mol. The number of ether oxygens (including phenoxy) is 4. The van der Waals surface area contributed by atoms with Gasteiger partial charge < -0.3 is 24.1 Å². The normalized spacial score (nSPS) is 17.7. The first-order valence-electron chi connectivity index (χ1n) is 13.4. The van der Waals surface area contributed by atoms with Crippen LogP contribution in [0.25, 0.3) is 10.4 Å². The molecule has 1 aliphatic rings. The molecule has 220 valence electrons. The van der Waals surface area contributed by atoms with E-state index in [0.29, 0.717) is 35.6 Å². The summed E-state index contributed by atoms with van der Waals surface area (Å²) in [7, 11) is 3.00. The molecule has 0 saturated carbocycles. The van der Waals surface area contributed by atoms with Crippen LogP contribution in [0.4, 0.5) is 5.69 Å². The van der Waals surface area contributed by atoms with E-state index < -0.39 is 23.8 Å². The Morgan fingerprint density at radius 1 is 1.10 bits per heavy atom. The van der Waals surface area contributed by atoms with Crippen molar-refractivity contribution in [3.63, 3.8) is 0 Å². The number of hydrazine groups is 1. The highest BCUT2D eigenvalue weighted by Gasteiger charge is 2.54. The zero-order valence-corrected chi connectivity index (χ0v) is 23.5. The molecule has 3 aromatic rings. The summed E-state index contributed by atoms with van der Waals surface area (Å²) in [6.45, 7) is 0.598.